The van der Waals surface area contributed by atoms with E-state index < -0.39 is 12.0 Å². The van der Waals surface area contributed by atoms with E-state index in [1.165, 1.54) is 23.5 Å². The average Bonchev–Trinajstić information content (AvgIpc) is 3.34. The van der Waals surface area contributed by atoms with Crippen LogP contribution in [0.5, 0.6) is 17.2 Å². The number of carbonyl (C=O) groups is 1. The minimum atomic E-state index is -0.798. The molecule has 244 valence electrons. The third-order valence-corrected chi connectivity index (χ3v) is 8.42. The average molecular weight is 657 g/mol. The minimum absolute atomic E-state index is 0.0768. The Balaban J connectivity index is 1.58. The number of ether oxygens (including phenoxy) is 4. The van der Waals surface area contributed by atoms with Gasteiger partial charge in [0.2, 0.25) is 0 Å². The van der Waals surface area contributed by atoms with Crippen LogP contribution in [0, 0.1) is 5.82 Å². The van der Waals surface area contributed by atoms with Gasteiger partial charge in [0.25, 0.3) is 5.56 Å². The van der Waals surface area contributed by atoms with Crippen molar-refractivity contribution in [2.75, 3.05) is 13.7 Å². The summed E-state index contributed by atoms with van der Waals surface area (Å²) in [5.41, 5.74) is 3.62. The van der Waals surface area contributed by atoms with E-state index in [4.69, 9.17) is 18.9 Å². The van der Waals surface area contributed by atoms with Crippen LogP contribution in [0.25, 0.3) is 6.08 Å². The number of thiazole rings is 1. The van der Waals surface area contributed by atoms with Crippen LogP contribution in [0.2, 0.25) is 0 Å². The molecule has 0 saturated carbocycles. The normalized spacial score (nSPS) is 14.4. The molecule has 0 bridgehead atoms. The number of fused-ring (bicyclic) bond motifs is 1. The van der Waals surface area contributed by atoms with E-state index in [-0.39, 0.29) is 36.3 Å². The summed E-state index contributed by atoms with van der Waals surface area (Å²) in [5.74, 6) is 0.856. The fraction of sp³-hybridized carbons (Fsp3) is 0.270. The van der Waals surface area contributed by atoms with E-state index in [2.05, 4.69) is 11.6 Å². The van der Waals surface area contributed by atoms with Gasteiger partial charge in [-0.2, -0.15) is 0 Å². The van der Waals surface area contributed by atoms with Gasteiger partial charge in [-0.1, -0.05) is 41.7 Å². The molecule has 0 unspecified atom stereocenters. The maximum absolute atomic E-state index is 14.1. The van der Waals surface area contributed by atoms with Crippen molar-refractivity contribution in [2.45, 2.75) is 52.9 Å². The Kier molecular flexibility index (Phi) is 10.4. The smallest absolute Gasteiger partial charge is 0.338 e. The zero-order chi connectivity index (χ0) is 33.7. The van der Waals surface area contributed by atoms with Crippen LogP contribution in [0.1, 0.15) is 56.0 Å². The number of hydrogen-bond donors (Lipinski definition) is 0. The number of aromatic nitrogens is 1. The quantitative estimate of drug-likeness (QED) is 0.137. The number of carbonyl (C=O) groups excluding carboxylic acids is 1. The zero-order valence-corrected chi connectivity index (χ0v) is 27.9. The van der Waals surface area contributed by atoms with E-state index >= 15 is 0 Å². The molecule has 4 aromatic rings. The first-order valence-electron chi connectivity index (χ1n) is 15.3. The van der Waals surface area contributed by atoms with E-state index in [0.29, 0.717) is 44.3 Å². The van der Waals surface area contributed by atoms with Crippen molar-refractivity contribution < 1.29 is 28.1 Å². The molecule has 0 aliphatic carbocycles. The lowest BCUT2D eigenvalue weighted by molar-refractivity contribution is -0.139. The number of methoxy groups -OCH3 is 1. The van der Waals surface area contributed by atoms with E-state index in [0.717, 1.165) is 16.7 Å². The number of benzene rings is 3. The fourth-order valence-corrected chi connectivity index (χ4v) is 6.40. The van der Waals surface area contributed by atoms with Crippen molar-refractivity contribution in [1.29, 1.82) is 0 Å². The van der Waals surface area contributed by atoms with Crippen LogP contribution < -0.4 is 29.1 Å². The number of rotatable bonds is 12. The van der Waals surface area contributed by atoms with Gasteiger partial charge in [0.05, 0.1) is 41.7 Å². The molecule has 0 fully saturated rings. The lowest BCUT2D eigenvalue weighted by atomic mass is 9.95. The molecule has 8 nitrogen and oxygen atoms in total. The first kappa shape index (κ1) is 33.4. The van der Waals surface area contributed by atoms with Gasteiger partial charge in [-0.3, -0.25) is 9.36 Å². The summed E-state index contributed by atoms with van der Waals surface area (Å²) in [6, 6.07) is 16.4. The molecule has 1 aliphatic rings. The van der Waals surface area contributed by atoms with Crippen LogP contribution in [-0.4, -0.2) is 30.4 Å². The van der Waals surface area contributed by atoms with Crippen LogP contribution in [0.4, 0.5) is 4.39 Å². The maximum atomic E-state index is 14.1. The number of allylic oxidation sites excluding steroid dienone is 2. The number of nitrogens with zero attached hydrogens (tertiary/aromatic N) is 2. The molecular formula is C37H37FN2O6S. The topological polar surface area (TPSA) is 88.4 Å². The van der Waals surface area contributed by atoms with E-state index in [9.17, 15) is 14.0 Å². The molecule has 0 radical (unpaired) electrons. The SMILES string of the molecule is C=CCc1cc(/C=c2\sc3n(c2=O)[C@@H](c2ccc(OC(C)C)c(OC)c2)C(C(=O)OCC)=C(C)N=3)ccc1OCc1ccc(F)cc1. The molecule has 47 heavy (non-hydrogen) atoms. The maximum Gasteiger partial charge on any atom is 0.338 e. The Hall–Kier alpha value is -4.96. The molecule has 1 aromatic heterocycles. The third-order valence-electron chi connectivity index (χ3n) is 7.44. The highest BCUT2D eigenvalue weighted by Gasteiger charge is 2.34. The lowest BCUT2D eigenvalue weighted by Gasteiger charge is -2.25. The Morgan fingerprint density at radius 1 is 1.09 bits per heavy atom. The summed E-state index contributed by atoms with van der Waals surface area (Å²) in [4.78, 5) is 32.6. The number of halogens is 1. The summed E-state index contributed by atoms with van der Waals surface area (Å²) >= 11 is 1.24. The second-order valence-electron chi connectivity index (χ2n) is 11.2. The second kappa shape index (κ2) is 14.6. The molecule has 1 aliphatic heterocycles. The highest BCUT2D eigenvalue weighted by Crippen LogP contribution is 2.36. The first-order chi connectivity index (χ1) is 22.6. The Morgan fingerprint density at radius 2 is 1.83 bits per heavy atom. The summed E-state index contributed by atoms with van der Waals surface area (Å²) in [7, 11) is 1.55. The van der Waals surface area contributed by atoms with Crippen molar-refractivity contribution in [1.82, 2.24) is 4.57 Å². The predicted octanol–water partition coefficient (Wildman–Crippen LogP) is 6.04. The van der Waals surface area contributed by atoms with E-state index in [1.54, 1.807) is 61.9 Å². The van der Waals surface area contributed by atoms with Crippen LogP contribution in [0.3, 0.4) is 0 Å². The van der Waals surface area contributed by atoms with Crippen molar-refractivity contribution in [3.8, 4) is 17.2 Å². The van der Waals surface area contributed by atoms with Gasteiger partial charge < -0.3 is 18.9 Å². The van der Waals surface area contributed by atoms with Gasteiger partial charge in [0, 0.05) is 0 Å². The van der Waals surface area contributed by atoms with Crippen LogP contribution in [0.15, 0.2) is 94.4 Å². The van der Waals surface area contributed by atoms with Gasteiger partial charge in [0.1, 0.15) is 18.2 Å². The molecule has 10 heteroatoms. The Morgan fingerprint density at radius 3 is 2.51 bits per heavy atom. The van der Waals surface area contributed by atoms with Crippen LogP contribution >= 0.6 is 11.3 Å². The highest BCUT2D eigenvalue weighted by atomic mass is 32.1. The molecule has 0 spiro atoms. The first-order valence-corrected chi connectivity index (χ1v) is 16.1. The van der Waals surface area contributed by atoms with Crippen molar-refractivity contribution >= 4 is 23.4 Å². The van der Waals surface area contributed by atoms with Crippen molar-refractivity contribution in [3.63, 3.8) is 0 Å². The monoisotopic (exact) mass is 656 g/mol. The van der Waals surface area contributed by atoms with Gasteiger partial charge in [0.15, 0.2) is 16.3 Å². The summed E-state index contributed by atoms with van der Waals surface area (Å²) in [6.07, 6.45) is 4.05. The lowest BCUT2D eigenvalue weighted by Crippen LogP contribution is -2.40. The molecule has 5 rings (SSSR count). The number of hydrogen-bond acceptors (Lipinski definition) is 8. The molecule has 0 amide bonds. The summed E-state index contributed by atoms with van der Waals surface area (Å²) < 4.78 is 38.3. The summed E-state index contributed by atoms with van der Waals surface area (Å²) in [6.45, 7) is 11.7. The Bertz CT molecular complexity index is 2010. The molecule has 0 saturated heterocycles. The second-order valence-corrected chi connectivity index (χ2v) is 12.2. The fourth-order valence-electron chi connectivity index (χ4n) is 5.35. The van der Waals surface area contributed by atoms with Crippen molar-refractivity contribution in [3.05, 3.63) is 132 Å². The molecule has 2 heterocycles. The molecule has 1 atom stereocenters. The molecule has 0 N–H and O–H groups in total. The van der Waals surface area contributed by atoms with Crippen LogP contribution in [-0.2, 0) is 22.6 Å². The Labute approximate surface area is 276 Å². The standard InChI is InChI=1S/C37H37FN2O6S/c1-7-9-26-18-25(12-16-29(26)45-21-24-10-14-28(38)15-11-24)19-32-35(41)40-34(27-13-17-30(46-22(3)4)31(20-27)43-6)33(36(42)44-8-2)23(5)39-37(40)47-32/h7,10-20,22,34H,1,8-9,21H2,2-6H3/b32-19-/t34-/m0/s1. The predicted molar refractivity (Wildman–Crippen MR) is 180 cm³/mol. The highest BCUT2D eigenvalue weighted by molar-refractivity contribution is 7.07. The van der Waals surface area contributed by atoms with Gasteiger partial charge in [-0.05, 0) is 98.8 Å². The van der Waals surface area contributed by atoms with Gasteiger partial charge in [-0.15, -0.1) is 6.58 Å². The molecular weight excluding hydrogens is 619 g/mol. The van der Waals surface area contributed by atoms with Gasteiger partial charge in [-0.25, -0.2) is 14.2 Å². The largest absolute Gasteiger partial charge is 0.493 e. The third kappa shape index (κ3) is 7.38. The zero-order valence-electron chi connectivity index (χ0n) is 27.0. The van der Waals surface area contributed by atoms with Crippen molar-refractivity contribution in [2.24, 2.45) is 4.99 Å². The van der Waals surface area contributed by atoms with E-state index in [1.807, 2.05) is 38.1 Å². The minimum Gasteiger partial charge on any atom is -0.493 e. The van der Waals surface area contributed by atoms with Gasteiger partial charge >= 0.3 is 5.97 Å². The molecule has 3 aromatic carbocycles. The summed E-state index contributed by atoms with van der Waals surface area (Å²) in [5, 5.41) is 0. The number of esters is 1.